The van der Waals surface area contributed by atoms with E-state index in [4.69, 9.17) is 4.74 Å². The Morgan fingerprint density at radius 3 is 2.62 bits per heavy atom. The number of hydrogen-bond donors (Lipinski definition) is 0. The zero-order chi connectivity index (χ0) is 18.4. The number of likely N-dealkylation sites (tertiary alicyclic amines) is 1. The van der Waals surface area contributed by atoms with E-state index >= 15 is 0 Å². The van der Waals surface area contributed by atoms with Gasteiger partial charge in [-0.3, -0.25) is 9.69 Å². The average molecular weight is 357 g/mol. The van der Waals surface area contributed by atoms with Gasteiger partial charge in [0.1, 0.15) is 17.9 Å². The number of ether oxygens (including phenoxy) is 1. The first-order valence-corrected chi connectivity index (χ1v) is 9.20. The number of rotatable bonds is 8. The molecule has 1 aromatic heterocycles. The summed E-state index contributed by atoms with van der Waals surface area (Å²) in [6.07, 6.45) is 3.96. The SMILES string of the molecule is CCn1cnnc1CN(C)Cc1ccc(OCC(=O)N2CCCC2)cc1. The van der Waals surface area contributed by atoms with Crippen molar-refractivity contribution in [3.63, 3.8) is 0 Å². The van der Waals surface area contributed by atoms with Gasteiger partial charge in [0.25, 0.3) is 5.91 Å². The molecule has 1 amide bonds. The van der Waals surface area contributed by atoms with Crippen molar-refractivity contribution < 1.29 is 9.53 Å². The normalized spacial score (nSPS) is 14.2. The van der Waals surface area contributed by atoms with E-state index in [2.05, 4.69) is 29.1 Å². The van der Waals surface area contributed by atoms with Gasteiger partial charge in [-0.05, 0) is 44.5 Å². The number of benzene rings is 1. The Balaban J connectivity index is 1.47. The van der Waals surface area contributed by atoms with Gasteiger partial charge in [-0.25, -0.2) is 0 Å². The monoisotopic (exact) mass is 357 g/mol. The molecule has 0 bridgehead atoms. The van der Waals surface area contributed by atoms with Crippen LogP contribution in [0, 0.1) is 0 Å². The molecule has 2 heterocycles. The third-order valence-electron chi connectivity index (χ3n) is 4.64. The minimum absolute atomic E-state index is 0.0753. The molecular formula is C19H27N5O2. The molecule has 0 N–H and O–H groups in total. The van der Waals surface area contributed by atoms with Crippen LogP contribution in [0.25, 0.3) is 0 Å². The summed E-state index contributed by atoms with van der Waals surface area (Å²) in [5.41, 5.74) is 1.19. The first-order chi connectivity index (χ1) is 12.7. The van der Waals surface area contributed by atoms with Crippen molar-refractivity contribution in [2.75, 3.05) is 26.7 Å². The molecule has 1 fully saturated rings. The van der Waals surface area contributed by atoms with Crippen LogP contribution >= 0.6 is 0 Å². The lowest BCUT2D eigenvalue weighted by Crippen LogP contribution is -2.32. The lowest BCUT2D eigenvalue weighted by molar-refractivity contribution is -0.132. The minimum Gasteiger partial charge on any atom is -0.484 e. The van der Waals surface area contributed by atoms with Crippen LogP contribution in [0.4, 0.5) is 0 Å². The highest BCUT2D eigenvalue weighted by molar-refractivity contribution is 5.78. The maximum Gasteiger partial charge on any atom is 0.260 e. The van der Waals surface area contributed by atoms with Crippen molar-refractivity contribution in [3.05, 3.63) is 42.0 Å². The molecule has 1 aromatic carbocycles. The van der Waals surface area contributed by atoms with Crippen LogP contribution < -0.4 is 4.74 Å². The van der Waals surface area contributed by atoms with Crippen molar-refractivity contribution in [1.82, 2.24) is 24.6 Å². The Morgan fingerprint density at radius 1 is 1.19 bits per heavy atom. The van der Waals surface area contributed by atoms with Crippen LogP contribution in [0.15, 0.2) is 30.6 Å². The number of amides is 1. The molecule has 0 radical (unpaired) electrons. The molecule has 0 unspecified atom stereocenters. The fourth-order valence-electron chi connectivity index (χ4n) is 3.17. The van der Waals surface area contributed by atoms with Crippen molar-refractivity contribution in [2.24, 2.45) is 0 Å². The zero-order valence-corrected chi connectivity index (χ0v) is 15.6. The van der Waals surface area contributed by atoms with Gasteiger partial charge in [0.2, 0.25) is 0 Å². The molecule has 0 spiro atoms. The van der Waals surface area contributed by atoms with Gasteiger partial charge in [-0.2, -0.15) is 0 Å². The van der Waals surface area contributed by atoms with Crippen LogP contribution in [0.1, 0.15) is 31.2 Å². The lowest BCUT2D eigenvalue weighted by Gasteiger charge is -2.17. The van der Waals surface area contributed by atoms with Crippen LogP contribution in [0.2, 0.25) is 0 Å². The maximum absolute atomic E-state index is 12.0. The Morgan fingerprint density at radius 2 is 1.92 bits per heavy atom. The number of carbonyl (C=O) groups excluding carboxylic acids is 1. The predicted octanol–water partition coefficient (Wildman–Crippen LogP) is 1.93. The average Bonchev–Trinajstić information content (AvgIpc) is 3.32. The number of carbonyl (C=O) groups is 1. The molecule has 7 nitrogen and oxygen atoms in total. The Labute approximate surface area is 154 Å². The lowest BCUT2D eigenvalue weighted by atomic mass is 10.2. The molecule has 0 atom stereocenters. The van der Waals surface area contributed by atoms with E-state index < -0.39 is 0 Å². The second kappa shape index (κ2) is 8.80. The van der Waals surface area contributed by atoms with Gasteiger partial charge >= 0.3 is 0 Å². The Hall–Kier alpha value is -2.41. The molecular weight excluding hydrogens is 330 g/mol. The molecule has 0 saturated carbocycles. The smallest absolute Gasteiger partial charge is 0.260 e. The molecule has 1 saturated heterocycles. The highest BCUT2D eigenvalue weighted by Crippen LogP contribution is 2.15. The second-order valence-corrected chi connectivity index (χ2v) is 6.73. The van der Waals surface area contributed by atoms with E-state index in [1.807, 2.05) is 33.7 Å². The number of aromatic nitrogens is 3. The fourth-order valence-corrected chi connectivity index (χ4v) is 3.17. The summed E-state index contributed by atoms with van der Waals surface area (Å²) in [5, 5.41) is 8.14. The number of aryl methyl sites for hydroxylation is 1. The maximum atomic E-state index is 12.0. The molecule has 2 aromatic rings. The van der Waals surface area contributed by atoms with Gasteiger partial charge in [0.15, 0.2) is 6.61 Å². The molecule has 7 heteroatoms. The van der Waals surface area contributed by atoms with Gasteiger partial charge in [0, 0.05) is 26.2 Å². The highest BCUT2D eigenvalue weighted by Gasteiger charge is 2.18. The Kier molecular flexibility index (Phi) is 6.22. The number of hydrogen-bond acceptors (Lipinski definition) is 5. The summed E-state index contributed by atoms with van der Waals surface area (Å²) in [6.45, 7) is 6.35. The molecule has 1 aliphatic rings. The van der Waals surface area contributed by atoms with E-state index in [0.717, 1.165) is 57.1 Å². The zero-order valence-electron chi connectivity index (χ0n) is 15.6. The standard InChI is InChI=1S/C19H27N5O2/c1-3-23-15-20-21-18(23)13-22(2)12-16-6-8-17(9-7-16)26-14-19(25)24-10-4-5-11-24/h6-9,15H,3-5,10-14H2,1-2H3. The second-order valence-electron chi connectivity index (χ2n) is 6.73. The third kappa shape index (κ3) is 4.82. The first-order valence-electron chi connectivity index (χ1n) is 9.20. The summed E-state index contributed by atoms with van der Waals surface area (Å²) < 4.78 is 7.68. The summed E-state index contributed by atoms with van der Waals surface area (Å²) in [6, 6.07) is 7.93. The largest absolute Gasteiger partial charge is 0.484 e. The van der Waals surface area contributed by atoms with E-state index in [1.165, 1.54) is 5.56 Å². The molecule has 3 rings (SSSR count). The molecule has 26 heavy (non-hydrogen) atoms. The van der Waals surface area contributed by atoms with Gasteiger partial charge < -0.3 is 14.2 Å². The van der Waals surface area contributed by atoms with Crippen LogP contribution in [0.5, 0.6) is 5.75 Å². The molecule has 140 valence electrons. The van der Waals surface area contributed by atoms with Crippen LogP contribution in [0.3, 0.4) is 0 Å². The minimum atomic E-state index is 0.0753. The summed E-state index contributed by atoms with van der Waals surface area (Å²) >= 11 is 0. The van der Waals surface area contributed by atoms with Crippen LogP contribution in [-0.2, 0) is 24.4 Å². The fraction of sp³-hybridized carbons (Fsp3) is 0.526. The topological polar surface area (TPSA) is 63.5 Å². The Bertz CT molecular complexity index is 707. The predicted molar refractivity (Wildman–Crippen MR) is 98.6 cm³/mol. The number of nitrogens with zero attached hydrogens (tertiary/aromatic N) is 5. The summed E-state index contributed by atoms with van der Waals surface area (Å²) in [5.74, 6) is 1.77. The van der Waals surface area contributed by atoms with Crippen molar-refractivity contribution in [1.29, 1.82) is 0 Å². The summed E-state index contributed by atoms with van der Waals surface area (Å²) in [4.78, 5) is 16.1. The third-order valence-corrected chi connectivity index (χ3v) is 4.64. The van der Waals surface area contributed by atoms with E-state index in [9.17, 15) is 4.79 Å². The van der Waals surface area contributed by atoms with E-state index in [1.54, 1.807) is 6.33 Å². The van der Waals surface area contributed by atoms with Crippen LogP contribution in [-0.4, -0.2) is 57.2 Å². The van der Waals surface area contributed by atoms with Crippen molar-refractivity contribution >= 4 is 5.91 Å². The summed E-state index contributed by atoms with van der Waals surface area (Å²) in [7, 11) is 2.06. The molecule has 0 aliphatic carbocycles. The quantitative estimate of drug-likeness (QED) is 0.722. The van der Waals surface area contributed by atoms with Crippen molar-refractivity contribution in [3.8, 4) is 5.75 Å². The molecule has 1 aliphatic heterocycles. The van der Waals surface area contributed by atoms with Gasteiger partial charge in [0.05, 0.1) is 6.54 Å². The van der Waals surface area contributed by atoms with Gasteiger partial charge in [-0.1, -0.05) is 12.1 Å². The van der Waals surface area contributed by atoms with E-state index in [-0.39, 0.29) is 12.5 Å². The van der Waals surface area contributed by atoms with E-state index in [0.29, 0.717) is 0 Å². The van der Waals surface area contributed by atoms with Gasteiger partial charge in [-0.15, -0.1) is 10.2 Å². The van der Waals surface area contributed by atoms with Crippen molar-refractivity contribution in [2.45, 2.75) is 39.4 Å². The first kappa shape index (κ1) is 18.4. The highest BCUT2D eigenvalue weighted by atomic mass is 16.5.